The summed E-state index contributed by atoms with van der Waals surface area (Å²) in [5.41, 5.74) is 3.36. The van der Waals surface area contributed by atoms with Crippen LogP contribution in [-0.4, -0.2) is 48.7 Å². The lowest BCUT2D eigenvalue weighted by atomic mass is 9.92. The van der Waals surface area contributed by atoms with E-state index in [0.29, 0.717) is 18.7 Å². The molecule has 7 heteroatoms. The Labute approximate surface area is 181 Å². The number of aromatic nitrogens is 5. The van der Waals surface area contributed by atoms with Crippen LogP contribution < -0.4 is 0 Å². The summed E-state index contributed by atoms with van der Waals surface area (Å²) in [7, 11) is 0. The summed E-state index contributed by atoms with van der Waals surface area (Å²) >= 11 is 0. The van der Waals surface area contributed by atoms with Crippen molar-refractivity contribution in [3.05, 3.63) is 65.7 Å². The van der Waals surface area contributed by atoms with Gasteiger partial charge in [-0.1, -0.05) is 26.8 Å². The molecule has 1 fully saturated rings. The first kappa shape index (κ1) is 19.6. The van der Waals surface area contributed by atoms with Gasteiger partial charge in [0, 0.05) is 41.6 Å². The van der Waals surface area contributed by atoms with Crippen LogP contribution in [0, 0.1) is 0 Å². The highest BCUT2D eigenvalue weighted by Crippen LogP contribution is 2.29. The summed E-state index contributed by atoms with van der Waals surface area (Å²) in [5.74, 6) is 1.20. The van der Waals surface area contributed by atoms with Gasteiger partial charge in [0.1, 0.15) is 0 Å². The van der Waals surface area contributed by atoms with Crippen LogP contribution in [0.2, 0.25) is 0 Å². The van der Waals surface area contributed by atoms with E-state index in [9.17, 15) is 4.79 Å². The summed E-state index contributed by atoms with van der Waals surface area (Å²) in [5, 5.41) is 14.6. The highest BCUT2D eigenvalue weighted by molar-refractivity contribution is 5.98. The maximum absolute atomic E-state index is 13.1. The van der Waals surface area contributed by atoms with Crippen molar-refractivity contribution in [1.82, 2.24) is 29.7 Å². The number of benzene rings is 1. The maximum atomic E-state index is 13.1. The fourth-order valence-corrected chi connectivity index (χ4v) is 4.19. The molecule has 4 heterocycles. The molecule has 1 amide bonds. The van der Waals surface area contributed by atoms with Crippen LogP contribution in [0.25, 0.3) is 16.6 Å². The number of pyridine rings is 1. The molecule has 0 saturated carbocycles. The zero-order valence-corrected chi connectivity index (χ0v) is 18.1. The third-order valence-corrected chi connectivity index (χ3v) is 6.05. The first-order chi connectivity index (χ1) is 14.9. The third-order valence-electron chi connectivity index (χ3n) is 6.05. The van der Waals surface area contributed by atoms with Gasteiger partial charge in [-0.15, -0.1) is 10.2 Å². The normalized spacial score (nSPS) is 15.6. The Morgan fingerprint density at radius 3 is 2.61 bits per heavy atom. The highest BCUT2D eigenvalue weighted by Gasteiger charge is 2.28. The minimum absolute atomic E-state index is 0.0408. The topological polar surface area (TPSA) is 76.3 Å². The van der Waals surface area contributed by atoms with Crippen molar-refractivity contribution in [1.29, 1.82) is 0 Å². The van der Waals surface area contributed by atoms with Crippen molar-refractivity contribution in [3.63, 3.8) is 0 Å². The second-order valence-corrected chi connectivity index (χ2v) is 9.27. The van der Waals surface area contributed by atoms with Crippen molar-refractivity contribution < 1.29 is 4.79 Å². The van der Waals surface area contributed by atoms with Crippen LogP contribution in [0.3, 0.4) is 0 Å². The Bertz CT molecular complexity index is 1260. The van der Waals surface area contributed by atoms with E-state index in [1.807, 2.05) is 51.9 Å². The zero-order chi connectivity index (χ0) is 21.6. The molecule has 0 N–H and O–H groups in total. The smallest absolute Gasteiger partial charge is 0.253 e. The van der Waals surface area contributed by atoms with Crippen LogP contribution in [0.1, 0.15) is 61.4 Å². The van der Waals surface area contributed by atoms with Crippen molar-refractivity contribution in [3.8, 4) is 0 Å². The number of likely N-dealkylation sites (tertiary alicyclic amines) is 1. The predicted molar refractivity (Wildman–Crippen MR) is 119 cm³/mol. The largest absolute Gasteiger partial charge is 0.339 e. The Hall–Kier alpha value is -3.35. The number of fused-ring (bicyclic) bond motifs is 2. The Morgan fingerprint density at radius 2 is 1.84 bits per heavy atom. The zero-order valence-electron chi connectivity index (χ0n) is 18.1. The number of piperidine rings is 1. The van der Waals surface area contributed by atoms with Crippen molar-refractivity contribution in [2.45, 2.75) is 44.9 Å². The van der Waals surface area contributed by atoms with Gasteiger partial charge in [-0.25, -0.2) is 0 Å². The lowest BCUT2D eigenvalue weighted by Crippen LogP contribution is -2.38. The standard InChI is InChI=1S/C24H26N6O/c1-24(2,3)20-8-9-21-26-27-22(30(21)28-20)16-10-13-29(14-11-16)23(31)18-6-7-19-17(15-18)5-4-12-25-19/h4-9,12,15-16H,10-11,13-14H2,1-3H3. The molecule has 0 unspecified atom stereocenters. The van der Waals surface area contributed by atoms with Gasteiger partial charge >= 0.3 is 0 Å². The molecule has 4 aromatic rings. The summed E-state index contributed by atoms with van der Waals surface area (Å²) in [4.78, 5) is 19.3. The molecule has 0 aliphatic carbocycles. The number of carbonyl (C=O) groups excluding carboxylic acids is 1. The Kier molecular flexibility index (Phi) is 4.68. The van der Waals surface area contributed by atoms with E-state index in [2.05, 4.69) is 36.0 Å². The quantitative estimate of drug-likeness (QED) is 0.496. The molecule has 0 spiro atoms. The first-order valence-corrected chi connectivity index (χ1v) is 10.8. The average molecular weight is 415 g/mol. The van der Waals surface area contributed by atoms with Gasteiger partial charge < -0.3 is 4.90 Å². The number of nitrogens with zero attached hydrogens (tertiary/aromatic N) is 6. The molecule has 1 aliphatic rings. The van der Waals surface area contributed by atoms with Gasteiger partial charge in [0.2, 0.25) is 0 Å². The van der Waals surface area contributed by atoms with Crippen LogP contribution in [0.5, 0.6) is 0 Å². The van der Waals surface area contributed by atoms with E-state index >= 15 is 0 Å². The van der Waals surface area contributed by atoms with Crippen molar-refractivity contribution in [2.24, 2.45) is 0 Å². The summed E-state index contributed by atoms with van der Waals surface area (Å²) in [6, 6.07) is 13.6. The van der Waals surface area contributed by atoms with E-state index in [0.717, 1.165) is 40.9 Å². The van der Waals surface area contributed by atoms with Gasteiger partial charge in [0.25, 0.3) is 5.91 Å². The molecule has 1 saturated heterocycles. The molecule has 3 aromatic heterocycles. The lowest BCUT2D eigenvalue weighted by molar-refractivity contribution is 0.0711. The Balaban J connectivity index is 1.33. The number of hydrogen-bond donors (Lipinski definition) is 0. The second kappa shape index (κ2) is 7.41. The van der Waals surface area contributed by atoms with Crippen LogP contribution in [0.15, 0.2) is 48.7 Å². The van der Waals surface area contributed by atoms with Crippen molar-refractivity contribution >= 4 is 22.5 Å². The summed E-state index contributed by atoms with van der Waals surface area (Å²) in [6.07, 6.45) is 3.47. The van der Waals surface area contributed by atoms with E-state index in [1.165, 1.54) is 0 Å². The average Bonchev–Trinajstić information content (AvgIpc) is 3.21. The molecule has 158 valence electrons. The van der Waals surface area contributed by atoms with Crippen molar-refractivity contribution in [2.75, 3.05) is 13.1 Å². The molecule has 1 aromatic carbocycles. The number of carbonyl (C=O) groups is 1. The summed E-state index contributed by atoms with van der Waals surface area (Å²) in [6.45, 7) is 7.85. The van der Waals surface area contributed by atoms with Gasteiger partial charge in [-0.05, 0) is 49.2 Å². The van der Waals surface area contributed by atoms with E-state index in [-0.39, 0.29) is 17.2 Å². The summed E-state index contributed by atoms with van der Waals surface area (Å²) < 4.78 is 1.89. The molecule has 0 bridgehead atoms. The molecule has 5 rings (SSSR count). The number of hydrogen-bond acceptors (Lipinski definition) is 5. The Morgan fingerprint density at radius 1 is 1.03 bits per heavy atom. The molecule has 1 aliphatic heterocycles. The molecule has 0 radical (unpaired) electrons. The minimum Gasteiger partial charge on any atom is -0.339 e. The molecule has 7 nitrogen and oxygen atoms in total. The SMILES string of the molecule is CC(C)(C)c1ccc2nnc(C3CCN(C(=O)c4ccc5ncccc5c4)CC3)n2n1. The monoisotopic (exact) mass is 414 g/mol. The minimum atomic E-state index is -0.0408. The second-order valence-electron chi connectivity index (χ2n) is 9.27. The van der Waals surface area contributed by atoms with Gasteiger partial charge in [0.05, 0.1) is 11.2 Å². The van der Waals surface area contributed by atoms with Gasteiger partial charge in [0.15, 0.2) is 11.5 Å². The fraction of sp³-hybridized carbons (Fsp3) is 0.375. The number of rotatable bonds is 2. The lowest BCUT2D eigenvalue weighted by Gasteiger charge is -2.31. The molecule has 31 heavy (non-hydrogen) atoms. The third kappa shape index (κ3) is 3.65. The molecular formula is C24H26N6O. The highest BCUT2D eigenvalue weighted by atomic mass is 16.2. The van der Waals surface area contributed by atoms with Crippen LogP contribution in [-0.2, 0) is 5.41 Å². The van der Waals surface area contributed by atoms with E-state index < -0.39 is 0 Å². The molecular weight excluding hydrogens is 388 g/mol. The predicted octanol–water partition coefficient (Wildman–Crippen LogP) is 3.99. The first-order valence-electron chi connectivity index (χ1n) is 10.8. The van der Waals surface area contributed by atoms with Gasteiger partial charge in [-0.2, -0.15) is 9.61 Å². The van der Waals surface area contributed by atoms with Crippen LogP contribution >= 0.6 is 0 Å². The fourth-order valence-electron chi connectivity index (χ4n) is 4.19. The van der Waals surface area contributed by atoms with E-state index in [1.54, 1.807) is 6.20 Å². The van der Waals surface area contributed by atoms with Gasteiger partial charge in [-0.3, -0.25) is 9.78 Å². The van der Waals surface area contributed by atoms with E-state index in [4.69, 9.17) is 5.10 Å². The maximum Gasteiger partial charge on any atom is 0.253 e. The number of amides is 1. The molecule has 0 atom stereocenters. The van der Waals surface area contributed by atoms with Crippen LogP contribution in [0.4, 0.5) is 0 Å².